The molecule has 1 amide bonds. The minimum Gasteiger partial charge on any atom is -0.352 e. The molecule has 4 rings (SSSR count). The highest BCUT2D eigenvalue weighted by molar-refractivity contribution is 6.09. The van der Waals surface area contributed by atoms with E-state index in [-0.39, 0.29) is 23.7 Å². The first-order valence-corrected chi connectivity index (χ1v) is 9.58. The van der Waals surface area contributed by atoms with Crippen molar-refractivity contribution in [2.75, 3.05) is 0 Å². The first-order chi connectivity index (χ1) is 13.2. The number of ketones is 1. The van der Waals surface area contributed by atoms with Crippen LogP contribution in [0.3, 0.4) is 0 Å². The molecule has 27 heavy (non-hydrogen) atoms. The van der Waals surface area contributed by atoms with Crippen molar-refractivity contribution < 1.29 is 9.59 Å². The fourth-order valence-electron chi connectivity index (χ4n) is 4.53. The van der Waals surface area contributed by atoms with Gasteiger partial charge in [-0.3, -0.25) is 9.59 Å². The summed E-state index contributed by atoms with van der Waals surface area (Å²) in [4.78, 5) is 34.1. The van der Waals surface area contributed by atoms with Gasteiger partial charge < -0.3 is 5.32 Å². The first kappa shape index (κ1) is 17.6. The quantitative estimate of drug-likeness (QED) is 0.671. The maximum Gasteiger partial charge on any atom is 0.231 e. The number of nitrogens with one attached hydrogen (secondary N) is 1. The smallest absolute Gasteiger partial charge is 0.231 e. The molecule has 1 aliphatic heterocycles. The molecule has 1 aromatic heterocycles. The van der Waals surface area contributed by atoms with Crippen molar-refractivity contribution in [3.8, 4) is 0 Å². The summed E-state index contributed by atoms with van der Waals surface area (Å²) in [5, 5.41) is 3.12. The Balaban J connectivity index is 1.66. The Morgan fingerprint density at radius 1 is 1.04 bits per heavy atom. The van der Waals surface area contributed by atoms with Gasteiger partial charge in [-0.05, 0) is 42.5 Å². The lowest BCUT2D eigenvalue weighted by Gasteiger charge is -2.45. The van der Waals surface area contributed by atoms with E-state index in [0.29, 0.717) is 11.7 Å². The Labute approximate surface area is 158 Å². The number of fused-ring (bicyclic) bond motifs is 1. The van der Waals surface area contributed by atoms with E-state index in [4.69, 9.17) is 0 Å². The minimum atomic E-state index is -0.702. The standard InChI is InChI=1S/C22H23N3O2/c26-18(11-12-19-23-13-6-14-24-19)21-20(15-7-2-1-3-8-15)16-9-4-5-10-17(16)25-22(21)27/h1-3,6-8,11-14,16-17,20-21H,4-5,9-10H2,(H,25,27)/b12-11+. The molecule has 0 bridgehead atoms. The molecule has 2 aliphatic rings. The highest BCUT2D eigenvalue weighted by atomic mass is 16.2. The molecule has 0 spiro atoms. The molecule has 2 fully saturated rings. The van der Waals surface area contributed by atoms with Crippen LogP contribution >= 0.6 is 0 Å². The monoisotopic (exact) mass is 361 g/mol. The Kier molecular flexibility index (Phi) is 5.10. The van der Waals surface area contributed by atoms with Crippen LogP contribution in [0.25, 0.3) is 6.08 Å². The van der Waals surface area contributed by atoms with Crippen molar-refractivity contribution in [3.63, 3.8) is 0 Å². The number of carbonyl (C=O) groups is 2. The number of hydrogen-bond donors (Lipinski definition) is 1. The third-order valence-electron chi connectivity index (χ3n) is 5.72. The normalized spacial score (nSPS) is 27.8. The summed E-state index contributed by atoms with van der Waals surface area (Å²) in [7, 11) is 0. The Hall–Kier alpha value is -2.82. The molecular formula is C22H23N3O2. The van der Waals surface area contributed by atoms with E-state index in [9.17, 15) is 9.59 Å². The number of amides is 1. The van der Waals surface area contributed by atoms with E-state index >= 15 is 0 Å². The summed E-state index contributed by atoms with van der Waals surface area (Å²) in [6.07, 6.45) is 10.6. The molecule has 1 N–H and O–H groups in total. The maximum atomic E-state index is 13.0. The molecular weight excluding hydrogens is 338 g/mol. The molecule has 4 atom stereocenters. The number of benzene rings is 1. The second-order valence-electron chi connectivity index (χ2n) is 7.32. The van der Waals surface area contributed by atoms with Crippen LogP contribution in [0.2, 0.25) is 0 Å². The fourth-order valence-corrected chi connectivity index (χ4v) is 4.53. The van der Waals surface area contributed by atoms with Crippen LogP contribution < -0.4 is 5.32 Å². The minimum absolute atomic E-state index is 0.0842. The van der Waals surface area contributed by atoms with Gasteiger partial charge >= 0.3 is 0 Å². The molecule has 138 valence electrons. The highest BCUT2D eigenvalue weighted by Gasteiger charge is 2.47. The van der Waals surface area contributed by atoms with Crippen LogP contribution in [-0.4, -0.2) is 27.7 Å². The summed E-state index contributed by atoms with van der Waals surface area (Å²) >= 11 is 0. The van der Waals surface area contributed by atoms with Crippen molar-refractivity contribution in [1.82, 2.24) is 15.3 Å². The summed E-state index contributed by atoms with van der Waals surface area (Å²) in [5.41, 5.74) is 1.08. The van der Waals surface area contributed by atoms with E-state index in [1.54, 1.807) is 24.5 Å². The van der Waals surface area contributed by atoms with Gasteiger partial charge in [0.05, 0.1) is 0 Å². The number of allylic oxidation sites excluding steroid dienone is 1. The van der Waals surface area contributed by atoms with E-state index in [0.717, 1.165) is 31.2 Å². The predicted molar refractivity (Wildman–Crippen MR) is 103 cm³/mol. The van der Waals surface area contributed by atoms with Gasteiger partial charge in [-0.25, -0.2) is 9.97 Å². The number of hydrogen-bond acceptors (Lipinski definition) is 4. The van der Waals surface area contributed by atoms with E-state index < -0.39 is 5.92 Å². The molecule has 0 radical (unpaired) electrons. The van der Waals surface area contributed by atoms with Crippen molar-refractivity contribution >= 4 is 17.8 Å². The summed E-state index contributed by atoms with van der Waals surface area (Å²) in [6.45, 7) is 0. The van der Waals surface area contributed by atoms with Gasteiger partial charge in [0, 0.05) is 24.4 Å². The predicted octanol–water partition coefficient (Wildman–Crippen LogP) is 3.15. The molecule has 5 heteroatoms. The van der Waals surface area contributed by atoms with E-state index in [2.05, 4.69) is 15.3 Å². The number of carbonyl (C=O) groups excluding carboxylic acids is 2. The van der Waals surface area contributed by atoms with Crippen LogP contribution in [0.4, 0.5) is 0 Å². The van der Waals surface area contributed by atoms with Crippen LogP contribution in [0.1, 0.15) is 43.0 Å². The van der Waals surface area contributed by atoms with Gasteiger partial charge in [-0.2, -0.15) is 0 Å². The van der Waals surface area contributed by atoms with Crippen molar-refractivity contribution in [2.24, 2.45) is 11.8 Å². The Morgan fingerprint density at radius 3 is 2.56 bits per heavy atom. The largest absolute Gasteiger partial charge is 0.352 e. The van der Waals surface area contributed by atoms with Gasteiger partial charge in [0.15, 0.2) is 11.6 Å². The highest BCUT2D eigenvalue weighted by Crippen LogP contribution is 2.44. The number of rotatable bonds is 4. The summed E-state index contributed by atoms with van der Waals surface area (Å²) < 4.78 is 0. The van der Waals surface area contributed by atoms with E-state index in [1.807, 2.05) is 30.3 Å². The molecule has 1 aromatic carbocycles. The summed E-state index contributed by atoms with van der Waals surface area (Å²) in [5.74, 6) is -0.359. The fraction of sp³-hybridized carbons (Fsp3) is 0.364. The topological polar surface area (TPSA) is 72.0 Å². The summed E-state index contributed by atoms with van der Waals surface area (Å²) in [6, 6.07) is 11.9. The second-order valence-corrected chi connectivity index (χ2v) is 7.32. The number of aromatic nitrogens is 2. The molecule has 1 aliphatic carbocycles. The molecule has 1 saturated heterocycles. The molecule has 2 aromatic rings. The van der Waals surface area contributed by atoms with Gasteiger partial charge in [0.2, 0.25) is 5.91 Å². The van der Waals surface area contributed by atoms with Gasteiger partial charge in [-0.1, -0.05) is 43.2 Å². The maximum absolute atomic E-state index is 13.0. The lowest BCUT2D eigenvalue weighted by atomic mass is 9.65. The number of nitrogens with zero attached hydrogens (tertiary/aromatic N) is 2. The second kappa shape index (κ2) is 7.82. The zero-order chi connectivity index (χ0) is 18.6. The van der Waals surface area contributed by atoms with Crippen LogP contribution in [0.5, 0.6) is 0 Å². The van der Waals surface area contributed by atoms with Crippen molar-refractivity contribution in [2.45, 2.75) is 37.6 Å². The van der Waals surface area contributed by atoms with Crippen molar-refractivity contribution in [1.29, 1.82) is 0 Å². The molecule has 5 nitrogen and oxygen atoms in total. The zero-order valence-electron chi connectivity index (χ0n) is 15.1. The average Bonchev–Trinajstić information content (AvgIpc) is 2.72. The molecule has 4 unspecified atom stereocenters. The van der Waals surface area contributed by atoms with Crippen molar-refractivity contribution in [3.05, 3.63) is 66.3 Å². The molecule has 2 heterocycles. The third-order valence-corrected chi connectivity index (χ3v) is 5.72. The first-order valence-electron chi connectivity index (χ1n) is 9.58. The Morgan fingerprint density at radius 2 is 1.78 bits per heavy atom. The van der Waals surface area contributed by atoms with Crippen LogP contribution in [0, 0.1) is 11.8 Å². The third kappa shape index (κ3) is 3.68. The Bertz CT molecular complexity index is 835. The SMILES string of the molecule is O=C(/C=C/c1ncccn1)C1C(=O)NC2CCCCC2C1c1ccccc1. The lowest BCUT2D eigenvalue weighted by molar-refractivity contribution is -0.137. The van der Waals surface area contributed by atoms with Crippen LogP contribution in [0.15, 0.2) is 54.9 Å². The molecule has 1 saturated carbocycles. The average molecular weight is 361 g/mol. The van der Waals surface area contributed by atoms with Crippen LogP contribution in [-0.2, 0) is 9.59 Å². The lowest BCUT2D eigenvalue weighted by Crippen LogP contribution is -2.56. The van der Waals surface area contributed by atoms with Gasteiger partial charge in [0.25, 0.3) is 0 Å². The van der Waals surface area contributed by atoms with Gasteiger partial charge in [0.1, 0.15) is 5.92 Å². The van der Waals surface area contributed by atoms with E-state index in [1.165, 1.54) is 6.08 Å². The zero-order valence-corrected chi connectivity index (χ0v) is 15.1. The number of piperidine rings is 1. The van der Waals surface area contributed by atoms with Gasteiger partial charge in [-0.15, -0.1) is 0 Å².